The first kappa shape index (κ1) is 14.5. The van der Waals surface area contributed by atoms with Gasteiger partial charge in [0, 0.05) is 11.6 Å². The number of carboxylic acids is 1. The molecule has 0 aliphatic rings. The fourth-order valence-electron chi connectivity index (χ4n) is 1.26. The van der Waals surface area contributed by atoms with Crippen molar-refractivity contribution in [2.75, 3.05) is 6.61 Å². The van der Waals surface area contributed by atoms with Crippen LogP contribution in [-0.4, -0.2) is 17.7 Å². The van der Waals surface area contributed by atoms with Crippen molar-refractivity contribution in [1.82, 2.24) is 0 Å². The molecule has 0 heterocycles. The molecule has 0 bridgehead atoms. The van der Waals surface area contributed by atoms with Crippen LogP contribution in [0.3, 0.4) is 0 Å². The molecule has 0 saturated heterocycles. The molecule has 0 fully saturated rings. The Morgan fingerprint density at radius 3 is 2.78 bits per heavy atom. The number of benzene rings is 1. The average molecular weight is 311 g/mol. The number of carboxylic acid groups (broad SMARTS) is 1. The molecular weight excluding hydrogens is 296 g/mol. The lowest BCUT2D eigenvalue weighted by molar-refractivity contribution is -0.131. The van der Waals surface area contributed by atoms with E-state index in [0.717, 1.165) is 16.1 Å². The molecule has 1 rings (SSSR count). The zero-order valence-corrected chi connectivity index (χ0v) is 11.9. The van der Waals surface area contributed by atoms with E-state index in [1.807, 2.05) is 38.1 Å². The van der Waals surface area contributed by atoms with Crippen molar-refractivity contribution in [2.24, 2.45) is 0 Å². The van der Waals surface area contributed by atoms with Crippen LogP contribution in [0.1, 0.15) is 19.4 Å². The molecular formula is C14H15BrO3. The standard InChI is InChI=1S/C14H15BrO3/c1-10(2)8-9-18-14-11(6-7-13(16)17)4-3-5-12(14)15/h3-8H,9H2,1-2H3,(H,16,17)/b7-6+. The van der Waals surface area contributed by atoms with Crippen molar-refractivity contribution < 1.29 is 14.6 Å². The van der Waals surface area contributed by atoms with E-state index in [-0.39, 0.29) is 0 Å². The van der Waals surface area contributed by atoms with Crippen LogP contribution in [0.2, 0.25) is 0 Å². The number of carbonyl (C=O) groups is 1. The van der Waals surface area contributed by atoms with E-state index in [4.69, 9.17) is 9.84 Å². The summed E-state index contributed by atoms with van der Waals surface area (Å²) in [4.78, 5) is 10.5. The predicted octanol–water partition coefficient (Wildman–Crippen LogP) is 3.89. The Labute approximate surface area is 115 Å². The number of rotatable bonds is 5. The Balaban J connectivity index is 2.93. The molecule has 1 N–H and O–H groups in total. The smallest absolute Gasteiger partial charge is 0.328 e. The van der Waals surface area contributed by atoms with Gasteiger partial charge in [-0.2, -0.15) is 0 Å². The van der Waals surface area contributed by atoms with E-state index in [1.165, 1.54) is 11.6 Å². The maximum absolute atomic E-state index is 10.5. The summed E-state index contributed by atoms with van der Waals surface area (Å²) in [5, 5.41) is 8.63. The molecule has 0 aliphatic carbocycles. The van der Waals surface area contributed by atoms with E-state index in [0.29, 0.717) is 12.4 Å². The quantitative estimate of drug-likeness (QED) is 0.663. The Kier molecular flexibility index (Phi) is 5.65. The minimum Gasteiger partial charge on any atom is -0.488 e. The molecule has 3 nitrogen and oxygen atoms in total. The minimum atomic E-state index is -0.981. The van der Waals surface area contributed by atoms with Crippen LogP contribution in [0, 0.1) is 0 Å². The summed E-state index contributed by atoms with van der Waals surface area (Å²) < 4.78 is 6.45. The first-order valence-electron chi connectivity index (χ1n) is 5.46. The van der Waals surface area contributed by atoms with Gasteiger partial charge in [-0.3, -0.25) is 0 Å². The highest BCUT2D eigenvalue weighted by Crippen LogP contribution is 2.30. The third-order valence-electron chi connectivity index (χ3n) is 2.12. The van der Waals surface area contributed by atoms with Crippen LogP contribution < -0.4 is 4.74 Å². The van der Waals surface area contributed by atoms with Gasteiger partial charge >= 0.3 is 5.97 Å². The molecule has 0 atom stereocenters. The molecule has 96 valence electrons. The van der Waals surface area contributed by atoms with Crippen LogP contribution in [0.5, 0.6) is 5.75 Å². The molecule has 0 amide bonds. The number of para-hydroxylation sites is 1. The maximum atomic E-state index is 10.5. The fraction of sp³-hybridized carbons (Fsp3) is 0.214. The summed E-state index contributed by atoms with van der Waals surface area (Å²) in [5.41, 5.74) is 1.90. The summed E-state index contributed by atoms with van der Waals surface area (Å²) in [6.45, 7) is 4.45. The second kappa shape index (κ2) is 7.01. The van der Waals surface area contributed by atoms with E-state index in [9.17, 15) is 4.79 Å². The van der Waals surface area contributed by atoms with Gasteiger partial charge in [0.25, 0.3) is 0 Å². The molecule has 1 aromatic rings. The summed E-state index contributed by atoms with van der Waals surface area (Å²) in [7, 11) is 0. The van der Waals surface area contributed by atoms with Gasteiger partial charge in [-0.05, 0) is 48.0 Å². The lowest BCUT2D eigenvalue weighted by Gasteiger charge is -2.09. The van der Waals surface area contributed by atoms with Crippen LogP contribution in [0.25, 0.3) is 6.08 Å². The van der Waals surface area contributed by atoms with Crippen molar-refractivity contribution in [3.8, 4) is 5.75 Å². The first-order chi connectivity index (χ1) is 8.50. The van der Waals surface area contributed by atoms with Gasteiger partial charge in [0.2, 0.25) is 0 Å². The second-order valence-corrected chi connectivity index (χ2v) is 4.78. The Bertz CT molecular complexity index is 486. The molecule has 0 spiro atoms. The largest absolute Gasteiger partial charge is 0.488 e. The van der Waals surface area contributed by atoms with Gasteiger partial charge in [-0.1, -0.05) is 17.7 Å². The van der Waals surface area contributed by atoms with Crippen molar-refractivity contribution in [3.63, 3.8) is 0 Å². The minimum absolute atomic E-state index is 0.457. The number of hydrogen-bond donors (Lipinski definition) is 1. The first-order valence-corrected chi connectivity index (χ1v) is 6.25. The van der Waals surface area contributed by atoms with Gasteiger partial charge in [-0.25, -0.2) is 4.79 Å². The monoisotopic (exact) mass is 310 g/mol. The zero-order chi connectivity index (χ0) is 13.5. The van der Waals surface area contributed by atoms with Gasteiger partial charge in [0.1, 0.15) is 12.4 Å². The van der Waals surface area contributed by atoms with Crippen molar-refractivity contribution >= 4 is 28.0 Å². The summed E-state index contributed by atoms with van der Waals surface area (Å²) in [6.07, 6.45) is 4.57. The van der Waals surface area contributed by atoms with Gasteiger partial charge in [0.05, 0.1) is 4.47 Å². The summed E-state index contributed by atoms with van der Waals surface area (Å²) in [6, 6.07) is 5.50. The average Bonchev–Trinajstić information content (AvgIpc) is 2.28. The van der Waals surface area contributed by atoms with Gasteiger partial charge < -0.3 is 9.84 Å². The van der Waals surface area contributed by atoms with Gasteiger partial charge in [0.15, 0.2) is 0 Å². The normalized spacial score (nSPS) is 10.4. The lowest BCUT2D eigenvalue weighted by Crippen LogP contribution is -1.97. The molecule has 18 heavy (non-hydrogen) atoms. The van der Waals surface area contributed by atoms with E-state index in [1.54, 1.807) is 0 Å². The Morgan fingerprint density at radius 2 is 2.17 bits per heavy atom. The number of halogens is 1. The Hall–Kier alpha value is -1.55. The zero-order valence-electron chi connectivity index (χ0n) is 10.3. The molecule has 4 heteroatoms. The lowest BCUT2D eigenvalue weighted by atomic mass is 10.2. The predicted molar refractivity (Wildman–Crippen MR) is 75.7 cm³/mol. The SMILES string of the molecule is CC(C)=CCOc1c(Br)cccc1/C=C/C(=O)O. The number of aliphatic carboxylic acids is 1. The van der Waals surface area contributed by atoms with Gasteiger partial charge in [-0.15, -0.1) is 0 Å². The second-order valence-electron chi connectivity index (χ2n) is 3.92. The highest BCUT2D eigenvalue weighted by atomic mass is 79.9. The summed E-state index contributed by atoms with van der Waals surface area (Å²) in [5.74, 6) is -0.335. The number of ether oxygens (including phenoxy) is 1. The Morgan fingerprint density at radius 1 is 1.44 bits per heavy atom. The summed E-state index contributed by atoms with van der Waals surface area (Å²) >= 11 is 3.39. The maximum Gasteiger partial charge on any atom is 0.328 e. The van der Waals surface area contributed by atoms with E-state index in [2.05, 4.69) is 15.9 Å². The molecule has 0 aliphatic heterocycles. The highest BCUT2D eigenvalue weighted by Gasteiger charge is 2.05. The van der Waals surface area contributed by atoms with Crippen LogP contribution in [-0.2, 0) is 4.79 Å². The van der Waals surface area contributed by atoms with Crippen molar-refractivity contribution in [3.05, 3.63) is 46.0 Å². The fourth-order valence-corrected chi connectivity index (χ4v) is 1.76. The van der Waals surface area contributed by atoms with Crippen molar-refractivity contribution in [1.29, 1.82) is 0 Å². The van der Waals surface area contributed by atoms with Crippen LogP contribution in [0.4, 0.5) is 0 Å². The third kappa shape index (κ3) is 4.75. The molecule has 1 aromatic carbocycles. The third-order valence-corrected chi connectivity index (χ3v) is 2.75. The molecule has 0 radical (unpaired) electrons. The number of allylic oxidation sites excluding steroid dienone is 1. The van der Waals surface area contributed by atoms with Crippen molar-refractivity contribution in [2.45, 2.75) is 13.8 Å². The highest BCUT2D eigenvalue weighted by molar-refractivity contribution is 9.10. The molecule has 0 saturated carbocycles. The van der Waals surface area contributed by atoms with Crippen LogP contribution in [0.15, 0.2) is 40.4 Å². The molecule has 0 unspecified atom stereocenters. The number of hydrogen-bond acceptors (Lipinski definition) is 2. The van der Waals surface area contributed by atoms with E-state index < -0.39 is 5.97 Å². The molecule has 0 aromatic heterocycles. The van der Waals surface area contributed by atoms with E-state index >= 15 is 0 Å². The topological polar surface area (TPSA) is 46.5 Å². The van der Waals surface area contributed by atoms with Crippen LogP contribution >= 0.6 is 15.9 Å².